The molecule has 6 heteroatoms. The number of carbonyl (C=O) groups is 1. The van der Waals surface area contributed by atoms with Crippen molar-refractivity contribution in [3.63, 3.8) is 0 Å². The number of carbonyl (C=O) groups excluding carboxylic acids is 1. The van der Waals surface area contributed by atoms with Crippen molar-refractivity contribution in [2.45, 2.75) is 13.0 Å². The smallest absolute Gasteiger partial charge is 0.336 e. The Morgan fingerprint density at radius 1 is 1.30 bits per heavy atom. The molecule has 0 radical (unpaired) electrons. The highest BCUT2D eigenvalue weighted by Crippen LogP contribution is 2.20. The van der Waals surface area contributed by atoms with Gasteiger partial charge in [0.05, 0.1) is 6.04 Å². The van der Waals surface area contributed by atoms with Crippen LogP contribution < -0.4 is 15.7 Å². The second kappa shape index (κ2) is 6.66. The summed E-state index contributed by atoms with van der Waals surface area (Å²) in [6.07, 6.45) is 0. The van der Waals surface area contributed by atoms with Gasteiger partial charge in [-0.3, -0.25) is 4.79 Å². The fraction of sp³-hybridized carbons (Fsp3) is 0.176. The molecule has 0 fully saturated rings. The Kier molecular flexibility index (Phi) is 4.43. The van der Waals surface area contributed by atoms with Crippen LogP contribution in [0, 0.1) is 0 Å². The maximum absolute atomic E-state index is 11.9. The van der Waals surface area contributed by atoms with Crippen molar-refractivity contribution in [2.75, 3.05) is 6.61 Å². The molecule has 0 bridgehead atoms. The third-order valence-corrected chi connectivity index (χ3v) is 4.37. The van der Waals surface area contributed by atoms with Crippen LogP contribution in [-0.2, 0) is 4.79 Å². The van der Waals surface area contributed by atoms with E-state index in [1.54, 1.807) is 35.6 Å². The van der Waals surface area contributed by atoms with Gasteiger partial charge in [-0.25, -0.2) is 4.79 Å². The summed E-state index contributed by atoms with van der Waals surface area (Å²) < 4.78 is 10.6. The van der Waals surface area contributed by atoms with E-state index in [2.05, 4.69) is 5.32 Å². The summed E-state index contributed by atoms with van der Waals surface area (Å²) in [5, 5.41) is 5.64. The van der Waals surface area contributed by atoms with Crippen LogP contribution in [-0.4, -0.2) is 12.5 Å². The number of amides is 1. The number of hydrogen-bond acceptors (Lipinski definition) is 5. The molecule has 0 saturated heterocycles. The highest BCUT2D eigenvalue weighted by Gasteiger charge is 2.11. The molecule has 3 aromatic rings. The quantitative estimate of drug-likeness (QED) is 0.730. The average Bonchev–Trinajstić information content (AvgIpc) is 3.07. The van der Waals surface area contributed by atoms with Gasteiger partial charge in [0.1, 0.15) is 11.3 Å². The molecule has 0 saturated carbocycles. The minimum Gasteiger partial charge on any atom is -0.484 e. The molecule has 1 amide bonds. The number of benzene rings is 1. The van der Waals surface area contributed by atoms with Crippen LogP contribution >= 0.6 is 11.3 Å². The van der Waals surface area contributed by atoms with Gasteiger partial charge in [-0.05, 0) is 36.6 Å². The Balaban J connectivity index is 1.61. The monoisotopic (exact) mass is 329 g/mol. The summed E-state index contributed by atoms with van der Waals surface area (Å²) in [7, 11) is 0. The standard InChI is InChI=1S/C17H15NO4S/c1-11(15-3-2-8-23-15)18-16(19)10-21-13-6-4-12-5-7-17(20)22-14(12)9-13/h2-9,11H,10H2,1H3,(H,18,19). The van der Waals surface area contributed by atoms with Gasteiger partial charge >= 0.3 is 5.63 Å². The Morgan fingerprint density at radius 2 is 2.13 bits per heavy atom. The van der Waals surface area contributed by atoms with E-state index < -0.39 is 5.63 Å². The zero-order valence-electron chi connectivity index (χ0n) is 12.4. The molecular weight excluding hydrogens is 314 g/mol. The first-order valence-corrected chi connectivity index (χ1v) is 7.99. The van der Waals surface area contributed by atoms with Gasteiger partial charge in [0.25, 0.3) is 5.91 Å². The van der Waals surface area contributed by atoms with E-state index in [0.29, 0.717) is 11.3 Å². The normalized spacial score (nSPS) is 12.0. The van der Waals surface area contributed by atoms with Crippen LogP contribution in [0.4, 0.5) is 0 Å². The van der Waals surface area contributed by atoms with Gasteiger partial charge < -0.3 is 14.5 Å². The van der Waals surface area contributed by atoms with E-state index >= 15 is 0 Å². The number of thiophene rings is 1. The van der Waals surface area contributed by atoms with Gasteiger partial charge in [-0.2, -0.15) is 0 Å². The van der Waals surface area contributed by atoms with Crippen molar-refractivity contribution in [3.8, 4) is 5.75 Å². The van der Waals surface area contributed by atoms with E-state index in [4.69, 9.17) is 9.15 Å². The van der Waals surface area contributed by atoms with Crippen molar-refractivity contribution >= 4 is 28.2 Å². The van der Waals surface area contributed by atoms with Crippen molar-refractivity contribution in [3.05, 3.63) is 63.1 Å². The maximum Gasteiger partial charge on any atom is 0.336 e. The minimum absolute atomic E-state index is 0.0549. The Bertz CT molecular complexity index is 870. The zero-order valence-corrected chi connectivity index (χ0v) is 13.3. The average molecular weight is 329 g/mol. The lowest BCUT2D eigenvalue weighted by atomic mass is 10.2. The molecule has 0 aliphatic rings. The SMILES string of the molecule is CC(NC(=O)COc1ccc2ccc(=O)oc2c1)c1cccs1. The largest absolute Gasteiger partial charge is 0.484 e. The molecule has 0 aliphatic carbocycles. The Labute approximate surface area is 136 Å². The predicted molar refractivity (Wildman–Crippen MR) is 88.9 cm³/mol. The van der Waals surface area contributed by atoms with Gasteiger partial charge in [-0.1, -0.05) is 6.07 Å². The molecule has 0 spiro atoms. The van der Waals surface area contributed by atoms with Crippen molar-refractivity contribution < 1.29 is 13.9 Å². The summed E-state index contributed by atoms with van der Waals surface area (Å²) >= 11 is 1.59. The topological polar surface area (TPSA) is 68.5 Å². The third-order valence-electron chi connectivity index (χ3n) is 3.31. The second-order valence-electron chi connectivity index (χ2n) is 5.05. The number of hydrogen-bond donors (Lipinski definition) is 1. The fourth-order valence-electron chi connectivity index (χ4n) is 2.17. The number of ether oxygens (including phenoxy) is 1. The molecule has 23 heavy (non-hydrogen) atoms. The Hall–Kier alpha value is -2.60. The molecule has 2 heterocycles. The number of nitrogens with one attached hydrogen (secondary N) is 1. The molecule has 2 aromatic heterocycles. The molecule has 0 aliphatic heterocycles. The van der Waals surface area contributed by atoms with Gasteiger partial charge in [-0.15, -0.1) is 11.3 Å². The maximum atomic E-state index is 11.9. The third kappa shape index (κ3) is 3.78. The first kappa shape index (κ1) is 15.3. The highest BCUT2D eigenvalue weighted by molar-refractivity contribution is 7.10. The molecule has 1 atom stereocenters. The molecule has 5 nitrogen and oxygen atoms in total. The number of fused-ring (bicyclic) bond motifs is 1. The summed E-state index contributed by atoms with van der Waals surface area (Å²) in [6, 6.07) is 12.0. The fourth-order valence-corrected chi connectivity index (χ4v) is 2.91. The van der Waals surface area contributed by atoms with E-state index in [0.717, 1.165) is 10.3 Å². The van der Waals surface area contributed by atoms with Crippen LogP contribution in [0.1, 0.15) is 17.8 Å². The lowest BCUT2D eigenvalue weighted by Gasteiger charge is -2.13. The van der Waals surface area contributed by atoms with Crippen LogP contribution in [0.3, 0.4) is 0 Å². The molecule has 1 aromatic carbocycles. The summed E-state index contributed by atoms with van der Waals surface area (Å²) in [5.41, 5.74) is 0.0135. The van der Waals surface area contributed by atoms with Crippen LogP contribution in [0.15, 0.2) is 57.1 Å². The Morgan fingerprint density at radius 3 is 2.91 bits per heavy atom. The minimum atomic E-state index is -0.419. The van der Waals surface area contributed by atoms with Crippen LogP contribution in [0.2, 0.25) is 0 Å². The van der Waals surface area contributed by atoms with Crippen molar-refractivity contribution in [1.82, 2.24) is 5.32 Å². The summed E-state index contributed by atoms with van der Waals surface area (Å²) in [4.78, 5) is 24.2. The van der Waals surface area contributed by atoms with Gasteiger partial charge in [0.15, 0.2) is 6.61 Å². The molecular formula is C17H15NO4S. The molecule has 3 rings (SSSR count). The summed E-state index contributed by atoms with van der Waals surface area (Å²) in [5.74, 6) is 0.270. The van der Waals surface area contributed by atoms with E-state index in [-0.39, 0.29) is 18.6 Å². The van der Waals surface area contributed by atoms with Crippen molar-refractivity contribution in [2.24, 2.45) is 0 Å². The zero-order chi connectivity index (χ0) is 16.2. The van der Waals surface area contributed by atoms with Gasteiger partial charge in [0, 0.05) is 22.4 Å². The predicted octanol–water partition coefficient (Wildman–Crippen LogP) is 3.11. The van der Waals surface area contributed by atoms with Crippen LogP contribution in [0.25, 0.3) is 11.0 Å². The van der Waals surface area contributed by atoms with E-state index in [1.165, 1.54) is 6.07 Å². The number of rotatable bonds is 5. The second-order valence-corrected chi connectivity index (χ2v) is 6.03. The lowest BCUT2D eigenvalue weighted by Crippen LogP contribution is -2.30. The van der Waals surface area contributed by atoms with Crippen molar-refractivity contribution in [1.29, 1.82) is 0 Å². The van der Waals surface area contributed by atoms with Crippen LogP contribution in [0.5, 0.6) is 5.75 Å². The summed E-state index contributed by atoms with van der Waals surface area (Å²) in [6.45, 7) is 1.83. The lowest BCUT2D eigenvalue weighted by molar-refractivity contribution is -0.123. The van der Waals surface area contributed by atoms with E-state index in [9.17, 15) is 9.59 Å². The highest BCUT2D eigenvalue weighted by atomic mass is 32.1. The van der Waals surface area contributed by atoms with E-state index in [1.807, 2.05) is 24.4 Å². The molecule has 1 N–H and O–H groups in total. The van der Waals surface area contributed by atoms with Gasteiger partial charge in [0.2, 0.25) is 0 Å². The molecule has 1 unspecified atom stereocenters. The first-order valence-electron chi connectivity index (χ1n) is 7.11. The first-order chi connectivity index (χ1) is 11.1. The molecule has 118 valence electrons.